The summed E-state index contributed by atoms with van der Waals surface area (Å²) in [4.78, 5) is 12.0. The van der Waals surface area contributed by atoms with Crippen LogP contribution in [0.5, 0.6) is 5.75 Å². The van der Waals surface area contributed by atoms with E-state index in [2.05, 4.69) is 13.0 Å². The molecule has 0 saturated carbocycles. The Morgan fingerprint density at radius 2 is 1.79 bits per heavy atom. The Labute approximate surface area is 175 Å². The summed E-state index contributed by atoms with van der Waals surface area (Å²) in [5, 5.41) is 0.617. The van der Waals surface area contributed by atoms with Crippen LogP contribution in [0.1, 0.15) is 34.1 Å². The maximum absolute atomic E-state index is 12.0. The number of rotatable bonds is 6. The van der Waals surface area contributed by atoms with E-state index in [1.54, 1.807) is 0 Å². The van der Waals surface area contributed by atoms with Crippen LogP contribution in [0.3, 0.4) is 0 Å². The van der Waals surface area contributed by atoms with Crippen LogP contribution in [0.2, 0.25) is 5.02 Å². The number of aromatic nitrogens is 1. The number of aryl methyl sites for hydroxylation is 2. The van der Waals surface area contributed by atoms with Crippen LogP contribution in [0.25, 0.3) is 16.6 Å². The molecule has 0 radical (unpaired) electrons. The molecule has 146 valence electrons. The number of nitrogens with zero attached hydrogens (tertiary/aromatic N) is 1. The van der Waals surface area contributed by atoms with E-state index in [1.807, 2.05) is 72.1 Å². The van der Waals surface area contributed by atoms with Crippen LogP contribution in [0.4, 0.5) is 0 Å². The summed E-state index contributed by atoms with van der Waals surface area (Å²) in [5.41, 5.74) is 6.40. The molecule has 2 aromatic carbocycles. The number of carbonyl (C=O) groups excluding carboxylic acids is 1. The average Bonchev–Trinajstić information content (AvgIpc) is 3.10. The first kappa shape index (κ1) is 19.3. The van der Waals surface area contributed by atoms with Crippen molar-refractivity contribution < 1.29 is 9.53 Å². The number of ether oxygens (including phenoxy) is 1. The zero-order chi connectivity index (χ0) is 20.4. The molecule has 0 fully saturated rings. The Balaban J connectivity index is 1.85. The van der Waals surface area contributed by atoms with Gasteiger partial charge in [-0.1, -0.05) is 54.9 Å². The third-order valence-electron chi connectivity index (χ3n) is 5.14. The molecule has 3 nitrogen and oxygen atoms in total. The molecule has 2 heterocycles. The lowest BCUT2D eigenvalue weighted by Gasteiger charge is -2.15. The van der Waals surface area contributed by atoms with Crippen molar-refractivity contribution in [2.24, 2.45) is 0 Å². The molecule has 29 heavy (non-hydrogen) atoms. The Bertz CT molecular complexity index is 1180. The smallest absolute Gasteiger partial charge is 0.167 e. The van der Waals surface area contributed by atoms with Gasteiger partial charge in [0, 0.05) is 27.9 Å². The van der Waals surface area contributed by atoms with E-state index >= 15 is 0 Å². The number of hydrogen-bond donors (Lipinski definition) is 0. The van der Waals surface area contributed by atoms with Crippen molar-refractivity contribution in [2.45, 2.75) is 26.9 Å². The second-order valence-electron chi connectivity index (χ2n) is 7.12. The number of hydrogen-bond acceptors (Lipinski definition) is 2. The van der Waals surface area contributed by atoms with Crippen molar-refractivity contribution in [2.75, 3.05) is 0 Å². The van der Waals surface area contributed by atoms with Crippen LogP contribution in [0, 0.1) is 6.92 Å². The Kier molecular flexibility index (Phi) is 5.41. The van der Waals surface area contributed by atoms with Gasteiger partial charge in [0.15, 0.2) is 6.29 Å². The molecule has 0 aliphatic heterocycles. The summed E-state index contributed by atoms with van der Waals surface area (Å²) in [6, 6.07) is 19.9. The Morgan fingerprint density at radius 3 is 2.52 bits per heavy atom. The average molecular weight is 404 g/mol. The third kappa shape index (κ3) is 3.79. The number of carbonyl (C=O) groups is 1. The van der Waals surface area contributed by atoms with Gasteiger partial charge in [0.05, 0.1) is 5.69 Å². The minimum Gasteiger partial charge on any atom is -0.488 e. The molecule has 0 aliphatic rings. The summed E-state index contributed by atoms with van der Waals surface area (Å²) < 4.78 is 8.16. The molecule has 0 spiro atoms. The van der Waals surface area contributed by atoms with Gasteiger partial charge in [-0.05, 0) is 54.3 Å². The van der Waals surface area contributed by atoms with E-state index in [-0.39, 0.29) is 0 Å². The Hall–Kier alpha value is -3.04. The van der Waals surface area contributed by atoms with E-state index in [0.29, 0.717) is 17.3 Å². The summed E-state index contributed by atoms with van der Waals surface area (Å²) >= 11 is 6.38. The first-order valence-corrected chi connectivity index (χ1v) is 10.0. The van der Waals surface area contributed by atoms with Crippen molar-refractivity contribution in [3.8, 4) is 16.9 Å². The highest BCUT2D eigenvalue weighted by molar-refractivity contribution is 6.31. The van der Waals surface area contributed by atoms with E-state index in [9.17, 15) is 4.79 Å². The largest absolute Gasteiger partial charge is 0.488 e. The second-order valence-corrected chi connectivity index (χ2v) is 7.56. The van der Waals surface area contributed by atoms with Gasteiger partial charge in [0.25, 0.3) is 0 Å². The molecule has 0 N–H and O–H groups in total. The molecule has 4 rings (SSSR count). The zero-order valence-corrected chi connectivity index (χ0v) is 17.2. The number of pyridine rings is 1. The summed E-state index contributed by atoms with van der Waals surface area (Å²) in [6.45, 7) is 4.52. The molecule has 0 aliphatic carbocycles. The molecule has 0 unspecified atom stereocenters. The fourth-order valence-corrected chi connectivity index (χ4v) is 3.90. The number of benzene rings is 2. The van der Waals surface area contributed by atoms with Crippen LogP contribution >= 0.6 is 11.6 Å². The molecular weight excluding hydrogens is 382 g/mol. The molecule has 4 aromatic rings. The van der Waals surface area contributed by atoms with Gasteiger partial charge in [-0.2, -0.15) is 0 Å². The molecule has 0 atom stereocenters. The van der Waals surface area contributed by atoms with E-state index in [0.717, 1.165) is 46.2 Å². The topological polar surface area (TPSA) is 30.7 Å². The number of fused-ring (bicyclic) bond motifs is 1. The van der Waals surface area contributed by atoms with Gasteiger partial charge in [-0.3, -0.25) is 4.79 Å². The standard InChI is InChI=1S/C25H22ClNO2/c1-3-18-9-10-21-13-22(24(15-28)27(21)14-18)23-12-20(26)11-17(2)25(23)29-16-19-7-5-4-6-8-19/h4-15H,3,16H2,1-2H3. The maximum atomic E-state index is 12.0. The lowest BCUT2D eigenvalue weighted by atomic mass is 10.0. The van der Waals surface area contributed by atoms with Crippen molar-refractivity contribution in [1.29, 1.82) is 0 Å². The van der Waals surface area contributed by atoms with E-state index in [4.69, 9.17) is 16.3 Å². The number of halogens is 1. The second kappa shape index (κ2) is 8.14. The Morgan fingerprint density at radius 1 is 1.00 bits per heavy atom. The van der Waals surface area contributed by atoms with Crippen molar-refractivity contribution >= 4 is 23.4 Å². The highest BCUT2D eigenvalue weighted by Gasteiger charge is 2.18. The van der Waals surface area contributed by atoms with Crippen molar-refractivity contribution in [1.82, 2.24) is 4.40 Å². The van der Waals surface area contributed by atoms with Crippen LogP contribution in [-0.4, -0.2) is 10.7 Å². The van der Waals surface area contributed by atoms with Crippen molar-refractivity contribution in [3.63, 3.8) is 0 Å². The molecule has 0 saturated heterocycles. The fraction of sp³-hybridized carbons (Fsp3) is 0.160. The molecule has 0 bridgehead atoms. The molecule has 0 amide bonds. The lowest BCUT2D eigenvalue weighted by molar-refractivity contribution is 0.111. The maximum Gasteiger partial charge on any atom is 0.167 e. The third-order valence-corrected chi connectivity index (χ3v) is 5.36. The summed E-state index contributed by atoms with van der Waals surface area (Å²) in [6.07, 6.45) is 3.83. The summed E-state index contributed by atoms with van der Waals surface area (Å²) in [7, 11) is 0. The minimum absolute atomic E-state index is 0.445. The predicted octanol–water partition coefficient (Wildman–Crippen LogP) is 6.52. The fourth-order valence-electron chi connectivity index (χ4n) is 3.63. The highest BCUT2D eigenvalue weighted by atomic mass is 35.5. The van der Waals surface area contributed by atoms with Gasteiger partial charge >= 0.3 is 0 Å². The lowest BCUT2D eigenvalue weighted by Crippen LogP contribution is -2.00. The molecular formula is C25H22ClNO2. The highest BCUT2D eigenvalue weighted by Crippen LogP contribution is 2.39. The van der Waals surface area contributed by atoms with Gasteiger partial charge in [-0.25, -0.2) is 0 Å². The van der Waals surface area contributed by atoms with Gasteiger partial charge in [0.2, 0.25) is 0 Å². The first-order valence-electron chi connectivity index (χ1n) is 9.67. The van der Waals surface area contributed by atoms with Crippen LogP contribution < -0.4 is 4.74 Å². The summed E-state index contributed by atoms with van der Waals surface area (Å²) in [5.74, 6) is 0.743. The van der Waals surface area contributed by atoms with E-state index < -0.39 is 0 Å². The zero-order valence-electron chi connectivity index (χ0n) is 16.5. The molecule has 4 heteroatoms. The number of aldehydes is 1. The molecule has 2 aromatic heterocycles. The monoisotopic (exact) mass is 403 g/mol. The predicted molar refractivity (Wildman–Crippen MR) is 118 cm³/mol. The van der Waals surface area contributed by atoms with Gasteiger partial charge in [0.1, 0.15) is 12.4 Å². The minimum atomic E-state index is 0.445. The SMILES string of the molecule is CCc1ccc2cc(-c3cc(Cl)cc(C)c3OCc3ccccc3)c(C=O)n2c1. The van der Waals surface area contributed by atoms with E-state index in [1.165, 1.54) is 5.56 Å². The van der Waals surface area contributed by atoms with Crippen LogP contribution in [0.15, 0.2) is 66.9 Å². The normalized spacial score (nSPS) is 11.0. The first-order chi connectivity index (χ1) is 14.1. The van der Waals surface area contributed by atoms with Gasteiger partial charge in [-0.15, -0.1) is 0 Å². The quantitative estimate of drug-likeness (QED) is 0.343. The van der Waals surface area contributed by atoms with Gasteiger partial charge < -0.3 is 9.14 Å². The van der Waals surface area contributed by atoms with Crippen molar-refractivity contribution in [3.05, 3.63) is 94.3 Å². The van der Waals surface area contributed by atoms with Crippen LogP contribution in [-0.2, 0) is 13.0 Å².